The van der Waals surface area contributed by atoms with Gasteiger partial charge in [-0.3, -0.25) is 4.79 Å². The number of carbonyl (C=O) groups excluding carboxylic acids is 1. The Morgan fingerprint density at radius 1 is 1.17 bits per heavy atom. The van der Waals surface area contributed by atoms with Gasteiger partial charge < -0.3 is 9.88 Å². The molecule has 0 unspecified atom stereocenters. The van der Waals surface area contributed by atoms with E-state index in [1.807, 2.05) is 59.5 Å². The monoisotopic (exact) mass is 336 g/mol. The number of benzene rings is 2. The molecule has 0 saturated carbocycles. The van der Waals surface area contributed by atoms with Crippen LogP contribution in [0, 0.1) is 0 Å². The molecule has 2 heterocycles. The number of carbonyl (C=O) groups is 1. The number of amides is 1. The third-order valence-corrected chi connectivity index (χ3v) is 4.70. The van der Waals surface area contributed by atoms with Crippen LogP contribution in [-0.4, -0.2) is 22.3 Å². The molecule has 1 aliphatic rings. The Morgan fingerprint density at radius 2 is 2.00 bits per heavy atom. The summed E-state index contributed by atoms with van der Waals surface area (Å²) in [5.41, 5.74) is 4.50. The Kier molecular flexibility index (Phi) is 3.87. The number of hydrogen-bond acceptors (Lipinski definition) is 1. The first kappa shape index (κ1) is 15.0. The number of aromatic nitrogens is 1. The molecule has 1 N–H and O–H groups in total. The smallest absolute Gasteiger partial charge is 0.246 e. The Hall–Kier alpha value is -2.52. The van der Waals surface area contributed by atoms with Crippen LogP contribution in [0.2, 0.25) is 5.02 Å². The zero-order valence-electron chi connectivity index (χ0n) is 13.1. The van der Waals surface area contributed by atoms with Crippen LogP contribution in [0.5, 0.6) is 0 Å². The molecule has 4 heteroatoms. The van der Waals surface area contributed by atoms with E-state index in [4.69, 9.17) is 11.6 Å². The summed E-state index contributed by atoms with van der Waals surface area (Å²) in [5.74, 6) is 0.0425. The van der Waals surface area contributed by atoms with Gasteiger partial charge in [0, 0.05) is 52.8 Å². The minimum absolute atomic E-state index is 0.0425. The number of nitrogens with one attached hydrogen (secondary N) is 1. The van der Waals surface area contributed by atoms with E-state index in [1.54, 1.807) is 6.08 Å². The van der Waals surface area contributed by atoms with Crippen LogP contribution in [0.3, 0.4) is 0 Å². The quantitative estimate of drug-likeness (QED) is 0.691. The summed E-state index contributed by atoms with van der Waals surface area (Å²) < 4.78 is 0. The van der Waals surface area contributed by atoms with Crippen molar-refractivity contribution in [1.82, 2.24) is 9.88 Å². The largest absolute Gasteiger partial charge is 0.358 e. The second kappa shape index (κ2) is 6.17. The fraction of sp³-hybridized carbons (Fsp3) is 0.150. The molecule has 24 heavy (non-hydrogen) atoms. The van der Waals surface area contributed by atoms with Gasteiger partial charge in [-0.2, -0.15) is 0 Å². The van der Waals surface area contributed by atoms with Crippen LogP contribution in [0.1, 0.15) is 16.8 Å². The molecule has 0 bridgehead atoms. The zero-order chi connectivity index (χ0) is 16.5. The number of H-pyrrole nitrogens is 1. The molecule has 4 rings (SSSR count). The highest BCUT2D eigenvalue weighted by Gasteiger charge is 2.22. The van der Waals surface area contributed by atoms with Crippen molar-refractivity contribution in [1.29, 1.82) is 0 Å². The molecule has 1 amide bonds. The van der Waals surface area contributed by atoms with Gasteiger partial charge in [0.2, 0.25) is 5.91 Å². The van der Waals surface area contributed by atoms with Gasteiger partial charge >= 0.3 is 0 Å². The van der Waals surface area contributed by atoms with E-state index >= 15 is 0 Å². The van der Waals surface area contributed by atoms with Gasteiger partial charge in [-0.05, 0) is 29.8 Å². The first-order valence-corrected chi connectivity index (χ1v) is 8.39. The maximum atomic E-state index is 12.5. The lowest BCUT2D eigenvalue weighted by atomic mass is 10.0. The molecule has 0 fully saturated rings. The fourth-order valence-electron chi connectivity index (χ4n) is 3.21. The normalized spacial score (nSPS) is 14.3. The Labute approximate surface area is 145 Å². The highest BCUT2D eigenvalue weighted by molar-refractivity contribution is 6.31. The maximum Gasteiger partial charge on any atom is 0.246 e. The predicted molar refractivity (Wildman–Crippen MR) is 97.9 cm³/mol. The van der Waals surface area contributed by atoms with Gasteiger partial charge in [0.05, 0.1) is 0 Å². The lowest BCUT2D eigenvalue weighted by Crippen LogP contribution is -2.34. The van der Waals surface area contributed by atoms with Gasteiger partial charge in [-0.15, -0.1) is 0 Å². The molecule has 120 valence electrons. The maximum absolute atomic E-state index is 12.5. The SMILES string of the molecule is O=C(C=Cc1ccccc1)N1CCc2[nH]c3ccc(Cl)cc3c2C1. The Bertz CT molecular complexity index is 927. The molecule has 1 aromatic heterocycles. The van der Waals surface area contributed by atoms with Crippen molar-refractivity contribution in [3.63, 3.8) is 0 Å². The van der Waals surface area contributed by atoms with Crippen molar-refractivity contribution >= 4 is 34.5 Å². The van der Waals surface area contributed by atoms with E-state index in [2.05, 4.69) is 4.98 Å². The first-order valence-electron chi connectivity index (χ1n) is 8.02. The molecule has 0 spiro atoms. The molecule has 3 nitrogen and oxygen atoms in total. The van der Waals surface area contributed by atoms with E-state index in [1.165, 1.54) is 11.3 Å². The van der Waals surface area contributed by atoms with Gasteiger partial charge in [0.25, 0.3) is 0 Å². The number of hydrogen-bond donors (Lipinski definition) is 1. The summed E-state index contributed by atoms with van der Waals surface area (Å²) in [5, 5.41) is 1.83. The van der Waals surface area contributed by atoms with Crippen LogP contribution in [0.15, 0.2) is 54.6 Å². The lowest BCUT2D eigenvalue weighted by Gasteiger charge is -2.26. The van der Waals surface area contributed by atoms with Crippen molar-refractivity contribution in [2.75, 3.05) is 6.54 Å². The second-order valence-corrected chi connectivity index (χ2v) is 6.46. The Balaban J connectivity index is 1.57. The number of halogens is 1. The number of fused-ring (bicyclic) bond motifs is 3. The van der Waals surface area contributed by atoms with E-state index in [-0.39, 0.29) is 5.91 Å². The summed E-state index contributed by atoms with van der Waals surface area (Å²) in [6, 6.07) is 15.7. The minimum atomic E-state index is 0.0425. The summed E-state index contributed by atoms with van der Waals surface area (Å²) in [7, 11) is 0. The van der Waals surface area contributed by atoms with Crippen molar-refractivity contribution in [3.8, 4) is 0 Å². The van der Waals surface area contributed by atoms with Crippen molar-refractivity contribution < 1.29 is 4.79 Å². The molecule has 3 aromatic rings. The molecule has 0 atom stereocenters. The van der Waals surface area contributed by atoms with E-state index in [9.17, 15) is 4.79 Å². The van der Waals surface area contributed by atoms with Crippen LogP contribution in [0.4, 0.5) is 0 Å². The molecule has 2 aromatic carbocycles. The van der Waals surface area contributed by atoms with Crippen LogP contribution in [0.25, 0.3) is 17.0 Å². The number of aromatic amines is 1. The van der Waals surface area contributed by atoms with Gasteiger partial charge in [0.1, 0.15) is 0 Å². The van der Waals surface area contributed by atoms with Crippen LogP contribution < -0.4 is 0 Å². The van der Waals surface area contributed by atoms with Gasteiger partial charge in [0.15, 0.2) is 0 Å². The van der Waals surface area contributed by atoms with Crippen molar-refractivity contribution in [3.05, 3.63) is 76.5 Å². The summed E-state index contributed by atoms with van der Waals surface area (Å²) in [6.07, 6.45) is 4.36. The number of nitrogens with zero attached hydrogens (tertiary/aromatic N) is 1. The first-order chi connectivity index (χ1) is 11.7. The standard InChI is InChI=1S/C20H17ClN2O/c21-15-7-8-18-16(12-15)17-13-23(11-10-19(17)22-18)20(24)9-6-14-4-2-1-3-5-14/h1-9,12,22H,10-11,13H2. The molecular weight excluding hydrogens is 320 g/mol. The minimum Gasteiger partial charge on any atom is -0.358 e. The average molecular weight is 337 g/mol. The highest BCUT2D eigenvalue weighted by Crippen LogP contribution is 2.29. The third-order valence-electron chi connectivity index (χ3n) is 4.47. The van der Waals surface area contributed by atoms with Crippen LogP contribution in [-0.2, 0) is 17.8 Å². The van der Waals surface area contributed by atoms with Crippen molar-refractivity contribution in [2.24, 2.45) is 0 Å². The average Bonchev–Trinajstić information content (AvgIpc) is 2.97. The molecular formula is C20H17ClN2O. The van der Waals surface area contributed by atoms with Gasteiger partial charge in [-0.25, -0.2) is 0 Å². The van der Waals surface area contributed by atoms with E-state index < -0.39 is 0 Å². The van der Waals surface area contributed by atoms with Crippen molar-refractivity contribution in [2.45, 2.75) is 13.0 Å². The Morgan fingerprint density at radius 3 is 2.83 bits per heavy atom. The topological polar surface area (TPSA) is 36.1 Å². The third kappa shape index (κ3) is 2.83. The molecule has 1 aliphatic heterocycles. The fourth-order valence-corrected chi connectivity index (χ4v) is 3.38. The van der Waals surface area contributed by atoms with E-state index in [0.717, 1.165) is 34.5 Å². The summed E-state index contributed by atoms with van der Waals surface area (Å²) >= 11 is 6.13. The van der Waals surface area contributed by atoms with Crippen LogP contribution >= 0.6 is 11.6 Å². The lowest BCUT2D eigenvalue weighted by molar-refractivity contribution is -0.126. The molecule has 0 saturated heterocycles. The summed E-state index contributed by atoms with van der Waals surface area (Å²) in [6.45, 7) is 1.35. The molecule has 0 aliphatic carbocycles. The zero-order valence-corrected chi connectivity index (χ0v) is 13.9. The van der Waals surface area contributed by atoms with E-state index in [0.29, 0.717) is 6.54 Å². The molecule has 0 radical (unpaired) electrons. The van der Waals surface area contributed by atoms with Gasteiger partial charge in [-0.1, -0.05) is 41.9 Å². The number of rotatable bonds is 2. The second-order valence-electron chi connectivity index (χ2n) is 6.03. The highest BCUT2D eigenvalue weighted by atomic mass is 35.5. The summed E-state index contributed by atoms with van der Waals surface area (Å²) in [4.78, 5) is 17.8. The predicted octanol–water partition coefficient (Wildman–Crippen LogP) is 4.42.